The molecule has 184 valence electrons. The van der Waals surface area contributed by atoms with E-state index in [1.165, 1.54) is 0 Å². The van der Waals surface area contributed by atoms with E-state index in [1.807, 2.05) is 0 Å². The van der Waals surface area contributed by atoms with Gasteiger partial charge in [-0.1, -0.05) is 0 Å². The highest BCUT2D eigenvalue weighted by molar-refractivity contribution is 5.82. The Morgan fingerprint density at radius 2 is 1.00 bits per heavy atom. The lowest BCUT2D eigenvalue weighted by Crippen LogP contribution is -2.15. The normalized spacial score (nSPS) is 10.8. The number of ether oxygens (including phenoxy) is 9. The predicted octanol–water partition coefficient (Wildman–Crippen LogP) is 1.62. The molecule has 10 heteroatoms. The molecule has 0 aromatic heterocycles. The molecule has 1 rings (SSSR count). The van der Waals surface area contributed by atoms with Crippen LogP contribution in [0.3, 0.4) is 0 Å². The first-order valence-corrected chi connectivity index (χ1v) is 10.5. The topological polar surface area (TPSA) is 100 Å². The summed E-state index contributed by atoms with van der Waals surface area (Å²) >= 11 is 0. The van der Waals surface area contributed by atoms with Crippen molar-refractivity contribution >= 4 is 6.29 Å². The first kappa shape index (κ1) is 28.1. The molecule has 1 aromatic carbocycles. The van der Waals surface area contributed by atoms with Crippen molar-refractivity contribution in [2.45, 2.75) is 0 Å². The third-order valence-corrected chi connectivity index (χ3v) is 3.96. The maximum Gasteiger partial charge on any atom is 0.204 e. The molecular formula is C22H36O10. The number of methoxy groups -OCH3 is 3. The molecular weight excluding hydrogens is 424 g/mol. The van der Waals surface area contributed by atoms with Gasteiger partial charge >= 0.3 is 0 Å². The zero-order chi connectivity index (χ0) is 23.3. The van der Waals surface area contributed by atoms with E-state index in [1.54, 1.807) is 33.5 Å². The summed E-state index contributed by atoms with van der Waals surface area (Å²) in [6.45, 7) is 4.71. The molecule has 0 radical (unpaired) electrons. The second kappa shape index (κ2) is 19.7. The van der Waals surface area contributed by atoms with E-state index in [2.05, 4.69) is 0 Å². The largest absolute Gasteiger partial charge is 0.487 e. The van der Waals surface area contributed by atoms with Gasteiger partial charge in [-0.2, -0.15) is 0 Å². The molecule has 0 aliphatic heterocycles. The van der Waals surface area contributed by atoms with Crippen LogP contribution < -0.4 is 14.2 Å². The Morgan fingerprint density at radius 1 is 0.562 bits per heavy atom. The highest BCUT2D eigenvalue weighted by atomic mass is 16.6. The van der Waals surface area contributed by atoms with Crippen LogP contribution in [0.2, 0.25) is 0 Å². The van der Waals surface area contributed by atoms with Gasteiger partial charge in [-0.05, 0) is 12.1 Å². The maximum absolute atomic E-state index is 11.6. The number of aldehydes is 1. The van der Waals surface area contributed by atoms with Crippen molar-refractivity contribution in [1.82, 2.24) is 0 Å². The Morgan fingerprint density at radius 3 is 1.47 bits per heavy atom. The van der Waals surface area contributed by atoms with E-state index in [-0.39, 0.29) is 13.2 Å². The minimum absolute atomic E-state index is 0.231. The monoisotopic (exact) mass is 460 g/mol. The summed E-state index contributed by atoms with van der Waals surface area (Å²) < 4.78 is 48.6. The number of hydrogen-bond donors (Lipinski definition) is 0. The van der Waals surface area contributed by atoms with Crippen molar-refractivity contribution in [3.8, 4) is 17.2 Å². The van der Waals surface area contributed by atoms with E-state index in [0.717, 1.165) is 0 Å². The zero-order valence-electron chi connectivity index (χ0n) is 19.3. The fourth-order valence-corrected chi connectivity index (χ4v) is 2.40. The van der Waals surface area contributed by atoms with E-state index >= 15 is 0 Å². The minimum Gasteiger partial charge on any atom is -0.487 e. The maximum atomic E-state index is 11.6. The fraction of sp³-hybridized carbons (Fsp3) is 0.682. The van der Waals surface area contributed by atoms with Crippen LogP contribution in [0, 0.1) is 0 Å². The molecule has 32 heavy (non-hydrogen) atoms. The number of carbonyl (C=O) groups excluding carboxylic acids is 1. The second-order valence-electron chi connectivity index (χ2n) is 6.29. The fourth-order valence-electron chi connectivity index (χ4n) is 2.40. The van der Waals surface area contributed by atoms with E-state index in [9.17, 15) is 4.79 Å². The van der Waals surface area contributed by atoms with Crippen LogP contribution in [0.4, 0.5) is 0 Å². The molecule has 0 aliphatic carbocycles. The van der Waals surface area contributed by atoms with Crippen molar-refractivity contribution in [3.05, 3.63) is 17.7 Å². The van der Waals surface area contributed by atoms with Crippen LogP contribution in [-0.2, 0) is 28.4 Å². The highest BCUT2D eigenvalue weighted by Crippen LogP contribution is 2.40. The Hall–Kier alpha value is -1.95. The molecule has 0 aliphatic rings. The average molecular weight is 461 g/mol. The lowest BCUT2D eigenvalue weighted by molar-refractivity contribution is 0.0467. The van der Waals surface area contributed by atoms with Gasteiger partial charge in [0, 0.05) is 21.3 Å². The van der Waals surface area contributed by atoms with E-state index in [4.69, 9.17) is 42.6 Å². The summed E-state index contributed by atoms with van der Waals surface area (Å²) in [5, 5.41) is 0. The summed E-state index contributed by atoms with van der Waals surface area (Å²) in [5.74, 6) is 1.07. The van der Waals surface area contributed by atoms with Crippen molar-refractivity contribution < 1.29 is 47.4 Å². The van der Waals surface area contributed by atoms with Gasteiger partial charge in [0.2, 0.25) is 5.75 Å². The van der Waals surface area contributed by atoms with Crippen LogP contribution >= 0.6 is 0 Å². The van der Waals surface area contributed by atoms with Crippen molar-refractivity contribution in [3.63, 3.8) is 0 Å². The lowest BCUT2D eigenvalue weighted by atomic mass is 10.2. The third kappa shape index (κ3) is 12.2. The zero-order valence-corrected chi connectivity index (χ0v) is 19.3. The van der Waals surface area contributed by atoms with Gasteiger partial charge in [0.1, 0.15) is 19.8 Å². The number of hydrogen-bond acceptors (Lipinski definition) is 10. The van der Waals surface area contributed by atoms with Gasteiger partial charge in [-0.3, -0.25) is 4.79 Å². The van der Waals surface area contributed by atoms with Crippen LogP contribution in [0.25, 0.3) is 0 Å². The molecule has 0 fully saturated rings. The van der Waals surface area contributed by atoms with Crippen molar-refractivity contribution in [1.29, 1.82) is 0 Å². The van der Waals surface area contributed by atoms with Crippen LogP contribution in [-0.4, -0.2) is 107 Å². The van der Waals surface area contributed by atoms with Crippen LogP contribution in [0.15, 0.2) is 12.1 Å². The molecule has 0 saturated heterocycles. The quantitative estimate of drug-likeness (QED) is 0.187. The summed E-state index contributed by atoms with van der Waals surface area (Å²) in [6.07, 6.45) is 0.709. The van der Waals surface area contributed by atoms with Gasteiger partial charge in [-0.15, -0.1) is 0 Å². The molecule has 0 unspecified atom stereocenters. The Kier molecular flexibility index (Phi) is 17.3. The van der Waals surface area contributed by atoms with Crippen LogP contribution in [0.5, 0.6) is 17.2 Å². The SMILES string of the molecule is COCCOCCOc1ccc(C=O)c(OCCOCCOC)c1OCCOCCOC. The standard InChI is InChI=1S/C22H36O10/c1-24-6-9-27-12-15-30-20-5-4-19(18-23)21(31-16-13-28-10-7-25-2)22(20)32-17-14-29-11-8-26-3/h4-5,18H,6-17H2,1-3H3. The molecule has 0 atom stereocenters. The first-order chi connectivity index (χ1) is 15.8. The van der Waals surface area contributed by atoms with Crippen molar-refractivity contribution in [2.24, 2.45) is 0 Å². The molecule has 0 saturated carbocycles. The molecule has 10 nitrogen and oxygen atoms in total. The number of carbonyl (C=O) groups is 1. The Balaban J connectivity index is 2.77. The van der Waals surface area contributed by atoms with Gasteiger partial charge in [0.05, 0.1) is 65.0 Å². The van der Waals surface area contributed by atoms with E-state index in [0.29, 0.717) is 95.2 Å². The first-order valence-electron chi connectivity index (χ1n) is 10.5. The second-order valence-corrected chi connectivity index (χ2v) is 6.29. The molecule has 0 heterocycles. The number of rotatable bonds is 22. The van der Waals surface area contributed by atoms with E-state index < -0.39 is 0 Å². The molecule has 0 spiro atoms. The molecule has 0 N–H and O–H groups in total. The van der Waals surface area contributed by atoms with Gasteiger partial charge in [0.25, 0.3) is 0 Å². The predicted molar refractivity (Wildman–Crippen MR) is 116 cm³/mol. The number of benzene rings is 1. The summed E-state index contributed by atoms with van der Waals surface area (Å²) in [5.41, 5.74) is 0.348. The van der Waals surface area contributed by atoms with Crippen molar-refractivity contribution in [2.75, 3.05) is 101 Å². The van der Waals surface area contributed by atoms with Gasteiger partial charge < -0.3 is 42.6 Å². The lowest BCUT2D eigenvalue weighted by Gasteiger charge is -2.18. The Bertz CT molecular complexity index is 596. The molecule has 0 amide bonds. The highest BCUT2D eigenvalue weighted by Gasteiger charge is 2.18. The third-order valence-electron chi connectivity index (χ3n) is 3.96. The minimum atomic E-state index is 0.231. The van der Waals surface area contributed by atoms with Gasteiger partial charge in [0.15, 0.2) is 17.8 Å². The Labute approximate surface area is 189 Å². The molecule has 1 aromatic rings. The smallest absolute Gasteiger partial charge is 0.204 e. The van der Waals surface area contributed by atoms with Crippen LogP contribution in [0.1, 0.15) is 10.4 Å². The van der Waals surface area contributed by atoms with Gasteiger partial charge in [-0.25, -0.2) is 0 Å². The summed E-state index contributed by atoms with van der Waals surface area (Å²) in [6, 6.07) is 3.29. The summed E-state index contributed by atoms with van der Waals surface area (Å²) in [7, 11) is 4.82. The molecule has 0 bridgehead atoms. The average Bonchev–Trinajstić information content (AvgIpc) is 2.81. The summed E-state index contributed by atoms with van der Waals surface area (Å²) in [4.78, 5) is 11.6.